The minimum absolute atomic E-state index is 0.112. The van der Waals surface area contributed by atoms with Gasteiger partial charge in [0.15, 0.2) is 0 Å². The maximum atomic E-state index is 10.0. The van der Waals surface area contributed by atoms with E-state index in [1.54, 1.807) is 5.57 Å². The summed E-state index contributed by atoms with van der Waals surface area (Å²) in [6.07, 6.45) is 11.5. The SMILES string of the molecule is C[C@]12CCC(O)CC1=CC[C@@H]1[C@H]2CC[C@]2(C)C(NO)CC[C@@H]12. The molecule has 0 aromatic rings. The third-order valence-corrected chi connectivity index (χ3v) is 8.23. The van der Waals surface area contributed by atoms with Crippen LogP contribution in [0, 0.1) is 28.6 Å². The van der Waals surface area contributed by atoms with Crippen molar-refractivity contribution in [2.24, 2.45) is 28.6 Å². The summed E-state index contributed by atoms with van der Waals surface area (Å²) < 4.78 is 0. The molecule has 3 N–H and O–H groups in total. The van der Waals surface area contributed by atoms with Crippen LogP contribution in [0.5, 0.6) is 0 Å². The molecule has 22 heavy (non-hydrogen) atoms. The largest absolute Gasteiger partial charge is 0.393 e. The van der Waals surface area contributed by atoms with Crippen molar-refractivity contribution < 1.29 is 10.3 Å². The molecule has 0 aromatic carbocycles. The number of hydrogen-bond acceptors (Lipinski definition) is 3. The van der Waals surface area contributed by atoms with E-state index >= 15 is 0 Å². The Balaban J connectivity index is 1.66. The van der Waals surface area contributed by atoms with Gasteiger partial charge in [-0.1, -0.05) is 25.5 Å². The molecule has 0 radical (unpaired) electrons. The smallest absolute Gasteiger partial charge is 0.0577 e. The molecule has 7 atom stereocenters. The highest BCUT2D eigenvalue weighted by molar-refractivity contribution is 5.25. The lowest BCUT2D eigenvalue weighted by Crippen LogP contribution is -2.52. The average molecular weight is 305 g/mol. The van der Waals surface area contributed by atoms with Crippen LogP contribution in [-0.4, -0.2) is 22.5 Å². The number of hydroxylamine groups is 1. The first-order valence-electron chi connectivity index (χ1n) is 9.26. The number of rotatable bonds is 1. The van der Waals surface area contributed by atoms with Crippen molar-refractivity contribution in [3.63, 3.8) is 0 Å². The van der Waals surface area contributed by atoms with E-state index in [1.807, 2.05) is 0 Å². The lowest BCUT2D eigenvalue weighted by molar-refractivity contribution is -0.0571. The highest BCUT2D eigenvalue weighted by atomic mass is 16.5. The van der Waals surface area contributed by atoms with Gasteiger partial charge in [0.25, 0.3) is 0 Å². The molecule has 2 unspecified atom stereocenters. The Hall–Kier alpha value is -0.380. The maximum Gasteiger partial charge on any atom is 0.0577 e. The van der Waals surface area contributed by atoms with E-state index in [0.717, 1.165) is 43.4 Å². The Bertz CT molecular complexity index is 490. The van der Waals surface area contributed by atoms with Crippen molar-refractivity contribution in [3.05, 3.63) is 11.6 Å². The lowest BCUT2D eigenvalue weighted by Gasteiger charge is -2.57. The van der Waals surface area contributed by atoms with Gasteiger partial charge < -0.3 is 10.3 Å². The summed E-state index contributed by atoms with van der Waals surface area (Å²) in [5, 5.41) is 19.6. The van der Waals surface area contributed by atoms with Crippen molar-refractivity contribution >= 4 is 0 Å². The fraction of sp³-hybridized carbons (Fsp3) is 0.895. The highest BCUT2D eigenvalue weighted by Crippen LogP contribution is 2.64. The third-order valence-electron chi connectivity index (χ3n) is 8.23. The molecule has 4 aliphatic carbocycles. The molecular weight excluding hydrogens is 274 g/mol. The van der Waals surface area contributed by atoms with Crippen LogP contribution in [0.4, 0.5) is 0 Å². The summed E-state index contributed by atoms with van der Waals surface area (Å²) in [6.45, 7) is 4.88. The van der Waals surface area contributed by atoms with Gasteiger partial charge in [-0.15, -0.1) is 0 Å². The summed E-state index contributed by atoms with van der Waals surface area (Å²) in [6, 6.07) is 0.282. The van der Waals surface area contributed by atoms with Gasteiger partial charge in [0.2, 0.25) is 0 Å². The first-order valence-corrected chi connectivity index (χ1v) is 9.26. The van der Waals surface area contributed by atoms with Crippen molar-refractivity contribution in [1.82, 2.24) is 5.48 Å². The third kappa shape index (κ3) is 1.91. The molecule has 0 amide bonds. The van der Waals surface area contributed by atoms with Crippen LogP contribution in [0.15, 0.2) is 11.6 Å². The summed E-state index contributed by atoms with van der Waals surface area (Å²) in [4.78, 5) is 0. The molecule has 3 nitrogen and oxygen atoms in total. The van der Waals surface area contributed by atoms with Crippen molar-refractivity contribution in [1.29, 1.82) is 0 Å². The molecular formula is C19H31NO2. The molecule has 3 saturated carbocycles. The van der Waals surface area contributed by atoms with Crippen LogP contribution < -0.4 is 5.48 Å². The predicted octanol–water partition coefficient (Wildman–Crippen LogP) is 3.66. The number of hydrogen-bond donors (Lipinski definition) is 3. The molecule has 4 aliphatic rings. The zero-order chi connectivity index (χ0) is 15.5. The van der Waals surface area contributed by atoms with E-state index in [4.69, 9.17) is 0 Å². The first kappa shape index (κ1) is 15.2. The molecule has 0 saturated heterocycles. The fourth-order valence-electron chi connectivity index (χ4n) is 6.85. The van der Waals surface area contributed by atoms with Gasteiger partial charge in [-0.25, -0.2) is 5.48 Å². The van der Waals surface area contributed by atoms with Crippen LogP contribution >= 0.6 is 0 Å². The van der Waals surface area contributed by atoms with Crippen molar-refractivity contribution in [2.45, 2.75) is 77.4 Å². The minimum Gasteiger partial charge on any atom is -0.393 e. The van der Waals surface area contributed by atoms with Crippen LogP contribution in [-0.2, 0) is 0 Å². The van der Waals surface area contributed by atoms with Crippen LogP contribution in [0.25, 0.3) is 0 Å². The minimum atomic E-state index is -0.112. The van der Waals surface area contributed by atoms with Gasteiger partial charge in [-0.2, -0.15) is 0 Å². The van der Waals surface area contributed by atoms with Gasteiger partial charge in [-0.3, -0.25) is 0 Å². The van der Waals surface area contributed by atoms with Gasteiger partial charge in [-0.05, 0) is 80.0 Å². The molecule has 0 heterocycles. The van der Waals surface area contributed by atoms with Crippen molar-refractivity contribution in [2.75, 3.05) is 0 Å². The molecule has 3 heteroatoms. The van der Waals surface area contributed by atoms with Crippen LogP contribution in [0.2, 0.25) is 0 Å². The van der Waals surface area contributed by atoms with E-state index in [1.165, 1.54) is 25.7 Å². The maximum absolute atomic E-state index is 10.0. The highest BCUT2D eigenvalue weighted by Gasteiger charge is 2.58. The first-order chi connectivity index (χ1) is 10.5. The Morgan fingerprint density at radius 1 is 1.09 bits per heavy atom. The van der Waals surface area contributed by atoms with Crippen LogP contribution in [0.1, 0.15) is 65.2 Å². The van der Waals surface area contributed by atoms with Gasteiger partial charge in [0, 0.05) is 6.04 Å². The van der Waals surface area contributed by atoms with E-state index in [0.29, 0.717) is 5.41 Å². The van der Waals surface area contributed by atoms with Crippen LogP contribution in [0.3, 0.4) is 0 Å². The van der Waals surface area contributed by atoms with E-state index in [-0.39, 0.29) is 17.6 Å². The average Bonchev–Trinajstić information content (AvgIpc) is 2.84. The van der Waals surface area contributed by atoms with Crippen molar-refractivity contribution in [3.8, 4) is 0 Å². The zero-order valence-corrected chi connectivity index (χ0v) is 14.0. The number of aliphatic hydroxyl groups is 1. The number of fused-ring (bicyclic) bond motifs is 5. The lowest BCUT2D eigenvalue weighted by atomic mass is 9.48. The molecule has 4 rings (SSSR count). The second-order valence-corrected chi connectivity index (χ2v) is 8.96. The normalized spacial score (nSPS) is 54.2. The Labute approximate surface area is 134 Å². The molecule has 3 fully saturated rings. The summed E-state index contributed by atoms with van der Waals surface area (Å²) in [5.41, 5.74) is 4.77. The summed E-state index contributed by atoms with van der Waals surface area (Å²) in [5.74, 6) is 2.31. The standard InChI is InChI=1S/C19H31NO2/c1-18-9-7-13(21)11-12(18)3-4-14-15-5-6-17(20-22)19(15,2)10-8-16(14)18/h3,13-17,20-22H,4-11H2,1-2H3/t13?,14-,15-,16+,17?,18-,19-/m0/s1. The molecule has 0 bridgehead atoms. The van der Waals surface area contributed by atoms with E-state index < -0.39 is 0 Å². The molecule has 0 aromatic heterocycles. The zero-order valence-electron chi connectivity index (χ0n) is 14.0. The fourth-order valence-corrected chi connectivity index (χ4v) is 6.85. The molecule has 0 spiro atoms. The Kier molecular flexibility index (Phi) is 3.49. The number of nitrogens with one attached hydrogen (secondary N) is 1. The molecule has 0 aliphatic heterocycles. The topological polar surface area (TPSA) is 52.5 Å². The monoisotopic (exact) mass is 305 g/mol. The van der Waals surface area contributed by atoms with Gasteiger partial charge in [0.1, 0.15) is 0 Å². The predicted molar refractivity (Wildman–Crippen MR) is 86.4 cm³/mol. The van der Waals surface area contributed by atoms with Gasteiger partial charge in [0.05, 0.1) is 6.10 Å². The number of aliphatic hydroxyl groups excluding tert-OH is 1. The second-order valence-electron chi connectivity index (χ2n) is 8.96. The summed E-state index contributed by atoms with van der Waals surface area (Å²) >= 11 is 0. The summed E-state index contributed by atoms with van der Waals surface area (Å²) in [7, 11) is 0. The Morgan fingerprint density at radius 2 is 1.91 bits per heavy atom. The quantitative estimate of drug-likeness (QED) is 0.512. The van der Waals surface area contributed by atoms with Gasteiger partial charge >= 0.3 is 0 Å². The second kappa shape index (κ2) is 5.06. The van der Waals surface area contributed by atoms with E-state index in [2.05, 4.69) is 25.4 Å². The Morgan fingerprint density at radius 3 is 2.68 bits per heavy atom. The number of allylic oxidation sites excluding steroid dienone is 1. The van der Waals surface area contributed by atoms with E-state index in [9.17, 15) is 10.3 Å². The molecule has 124 valence electrons.